The SMILES string of the molecule is C[C@H](N)c1nc(C2CC2)nn1-c1ccc(C#N)cn1.Cl. The molecule has 1 aliphatic carbocycles. The summed E-state index contributed by atoms with van der Waals surface area (Å²) in [5.74, 6) is 2.67. The van der Waals surface area contributed by atoms with Crippen molar-refractivity contribution in [3.8, 4) is 11.9 Å². The molecule has 0 radical (unpaired) electrons. The predicted molar refractivity (Wildman–Crippen MR) is 75.7 cm³/mol. The average Bonchev–Trinajstić information content (AvgIpc) is 3.17. The van der Waals surface area contributed by atoms with Crippen molar-refractivity contribution in [2.75, 3.05) is 0 Å². The quantitative estimate of drug-likeness (QED) is 0.931. The van der Waals surface area contributed by atoms with Gasteiger partial charge in [-0.2, -0.15) is 9.94 Å². The van der Waals surface area contributed by atoms with Crippen molar-refractivity contribution in [3.63, 3.8) is 0 Å². The van der Waals surface area contributed by atoms with Gasteiger partial charge in [-0.3, -0.25) is 0 Å². The summed E-state index contributed by atoms with van der Waals surface area (Å²) in [5, 5.41) is 13.3. The van der Waals surface area contributed by atoms with Gasteiger partial charge in [0, 0.05) is 12.1 Å². The number of rotatable bonds is 3. The Kier molecular flexibility index (Phi) is 4.02. The van der Waals surface area contributed by atoms with Crippen LogP contribution < -0.4 is 5.73 Å². The molecule has 2 heterocycles. The summed E-state index contributed by atoms with van der Waals surface area (Å²) in [6.45, 7) is 1.88. The van der Waals surface area contributed by atoms with Gasteiger partial charge >= 0.3 is 0 Å². The fourth-order valence-electron chi connectivity index (χ4n) is 1.90. The summed E-state index contributed by atoms with van der Waals surface area (Å²) in [6, 6.07) is 5.31. The minimum Gasteiger partial charge on any atom is -0.322 e. The van der Waals surface area contributed by atoms with Gasteiger partial charge in [0.05, 0.1) is 11.6 Å². The Hall–Kier alpha value is -1.97. The molecule has 1 saturated carbocycles. The molecule has 20 heavy (non-hydrogen) atoms. The number of aromatic nitrogens is 4. The molecular formula is C13H15ClN6. The number of nitriles is 1. The molecule has 0 bridgehead atoms. The van der Waals surface area contributed by atoms with Crippen LogP contribution in [0.5, 0.6) is 0 Å². The largest absolute Gasteiger partial charge is 0.322 e. The molecule has 104 valence electrons. The minimum atomic E-state index is -0.211. The minimum absolute atomic E-state index is 0. The van der Waals surface area contributed by atoms with E-state index < -0.39 is 0 Å². The number of pyridine rings is 1. The van der Waals surface area contributed by atoms with Gasteiger partial charge in [-0.15, -0.1) is 17.5 Å². The monoisotopic (exact) mass is 290 g/mol. The molecule has 7 heteroatoms. The number of hydrogen-bond acceptors (Lipinski definition) is 5. The normalized spacial score (nSPS) is 15.2. The predicted octanol–water partition coefficient (Wildman–Crippen LogP) is 1.85. The van der Waals surface area contributed by atoms with Crippen LogP contribution in [0.4, 0.5) is 0 Å². The van der Waals surface area contributed by atoms with E-state index in [1.54, 1.807) is 16.8 Å². The molecule has 0 saturated heterocycles. The lowest BCUT2D eigenvalue weighted by atomic mass is 10.3. The maximum Gasteiger partial charge on any atom is 0.155 e. The Morgan fingerprint density at radius 3 is 2.70 bits per heavy atom. The van der Waals surface area contributed by atoms with E-state index in [0.717, 1.165) is 18.7 Å². The van der Waals surface area contributed by atoms with Crippen LogP contribution in [0.2, 0.25) is 0 Å². The molecule has 1 aliphatic rings. The van der Waals surface area contributed by atoms with E-state index in [0.29, 0.717) is 23.1 Å². The highest BCUT2D eigenvalue weighted by atomic mass is 35.5. The van der Waals surface area contributed by atoms with Crippen molar-refractivity contribution in [2.24, 2.45) is 5.73 Å². The molecule has 2 aromatic rings. The molecule has 6 nitrogen and oxygen atoms in total. The van der Waals surface area contributed by atoms with Crippen LogP contribution in [0.25, 0.3) is 5.82 Å². The number of halogens is 1. The van der Waals surface area contributed by atoms with E-state index in [2.05, 4.69) is 15.1 Å². The number of nitrogens with zero attached hydrogens (tertiary/aromatic N) is 5. The maximum absolute atomic E-state index is 8.78. The van der Waals surface area contributed by atoms with E-state index in [4.69, 9.17) is 11.0 Å². The molecule has 0 aliphatic heterocycles. The maximum atomic E-state index is 8.78. The Balaban J connectivity index is 0.00000147. The molecule has 2 aromatic heterocycles. The lowest BCUT2D eigenvalue weighted by molar-refractivity contribution is 0.680. The van der Waals surface area contributed by atoms with Crippen LogP contribution in [0.1, 0.15) is 48.9 Å². The molecule has 0 spiro atoms. The molecule has 2 N–H and O–H groups in total. The third-order valence-electron chi connectivity index (χ3n) is 3.09. The van der Waals surface area contributed by atoms with Crippen LogP contribution in [0.3, 0.4) is 0 Å². The second-order valence-corrected chi connectivity index (χ2v) is 4.82. The Labute approximate surface area is 123 Å². The molecule has 0 unspecified atom stereocenters. The molecule has 3 rings (SSSR count). The van der Waals surface area contributed by atoms with Gasteiger partial charge in [0.1, 0.15) is 6.07 Å². The van der Waals surface area contributed by atoms with Crippen LogP contribution in [-0.4, -0.2) is 19.7 Å². The summed E-state index contributed by atoms with van der Waals surface area (Å²) in [4.78, 5) is 8.75. The third kappa shape index (κ3) is 2.64. The number of hydrogen-bond donors (Lipinski definition) is 1. The molecule has 0 amide bonds. The van der Waals surface area contributed by atoms with Crippen molar-refractivity contribution in [3.05, 3.63) is 35.5 Å². The Morgan fingerprint density at radius 1 is 1.45 bits per heavy atom. The van der Waals surface area contributed by atoms with Crippen molar-refractivity contribution in [1.29, 1.82) is 5.26 Å². The van der Waals surface area contributed by atoms with Crippen molar-refractivity contribution in [1.82, 2.24) is 19.7 Å². The first-order valence-corrected chi connectivity index (χ1v) is 6.28. The topological polar surface area (TPSA) is 93.4 Å². The first-order valence-electron chi connectivity index (χ1n) is 6.28. The van der Waals surface area contributed by atoms with Crippen molar-refractivity contribution in [2.45, 2.75) is 31.7 Å². The lowest BCUT2D eigenvalue weighted by Crippen LogP contribution is -2.14. The van der Waals surface area contributed by atoms with Crippen LogP contribution in [-0.2, 0) is 0 Å². The lowest BCUT2D eigenvalue weighted by Gasteiger charge is -2.06. The zero-order valence-electron chi connectivity index (χ0n) is 11.0. The first-order chi connectivity index (χ1) is 9.19. The zero-order chi connectivity index (χ0) is 13.4. The highest BCUT2D eigenvalue weighted by molar-refractivity contribution is 5.85. The Bertz CT molecular complexity index is 636. The second kappa shape index (κ2) is 5.57. The summed E-state index contributed by atoms with van der Waals surface area (Å²) in [5.41, 5.74) is 6.46. The highest BCUT2D eigenvalue weighted by Gasteiger charge is 2.29. The van der Waals surface area contributed by atoms with Gasteiger partial charge in [-0.25, -0.2) is 9.97 Å². The first kappa shape index (κ1) is 14.4. The smallest absolute Gasteiger partial charge is 0.155 e. The highest BCUT2D eigenvalue weighted by Crippen LogP contribution is 2.38. The summed E-state index contributed by atoms with van der Waals surface area (Å²) >= 11 is 0. The van der Waals surface area contributed by atoms with Gasteiger partial charge in [0.25, 0.3) is 0 Å². The summed E-state index contributed by atoms with van der Waals surface area (Å²) in [6.07, 6.45) is 3.81. The summed E-state index contributed by atoms with van der Waals surface area (Å²) in [7, 11) is 0. The average molecular weight is 291 g/mol. The van der Waals surface area contributed by atoms with Crippen LogP contribution >= 0.6 is 12.4 Å². The van der Waals surface area contributed by atoms with E-state index >= 15 is 0 Å². The molecule has 1 atom stereocenters. The number of nitrogens with two attached hydrogens (primary N) is 1. The van der Waals surface area contributed by atoms with E-state index in [9.17, 15) is 0 Å². The van der Waals surface area contributed by atoms with Gasteiger partial charge < -0.3 is 5.73 Å². The molecule has 0 aromatic carbocycles. The van der Waals surface area contributed by atoms with Crippen molar-refractivity contribution < 1.29 is 0 Å². The van der Waals surface area contributed by atoms with Gasteiger partial charge in [-0.05, 0) is 31.9 Å². The second-order valence-electron chi connectivity index (χ2n) is 4.82. The van der Waals surface area contributed by atoms with Crippen molar-refractivity contribution >= 4 is 12.4 Å². The fraction of sp³-hybridized carbons (Fsp3) is 0.385. The summed E-state index contributed by atoms with van der Waals surface area (Å²) < 4.78 is 1.68. The van der Waals surface area contributed by atoms with Gasteiger partial charge in [0.15, 0.2) is 17.5 Å². The van der Waals surface area contributed by atoms with Crippen LogP contribution in [0, 0.1) is 11.3 Å². The molecule has 1 fully saturated rings. The van der Waals surface area contributed by atoms with Crippen LogP contribution in [0.15, 0.2) is 18.3 Å². The molecular weight excluding hydrogens is 276 g/mol. The van der Waals surface area contributed by atoms with E-state index in [-0.39, 0.29) is 18.4 Å². The Morgan fingerprint density at radius 2 is 2.20 bits per heavy atom. The van der Waals surface area contributed by atoms with Gasteiger partial charge in [0.2, 0.25) is 0 Å². The van der Waals surface area contributed by atoms with E-state index in [1.807, 2.05) is 13.0 Å². The zero-order valence-corrected chi connectivity index (χ0v) is 11.8. The standard InChI is InChI=1S/C13H14N6.ClH/c1-8(15)13-17-12(10-3-4-10)18-19(13)11-5-2-9(6-14)7-16-11;/h2,5,7-8,10H,3-4,15H2,1H3;1H/t8-;/m0./s1. The van der Waals surface area contributed by atoms with Gasteiger partial charge in [-0.1, -0.05) is 0 Å². The van der Waals surface area contributed by atoms with E-state index in [1.165, 1.54) is 6.20 Å². The fourth-order valence-corrected chi connectivity index (χ4v) is 1.90. The third-order valence-corrected chi connectivity index (χ3v) is 3.09.